The van der Waals surface area contributed by atoms with Gasteiger partial charge in [0.2, 0.25) is 0 Å². The highest BCUT2D eigenvalue weighted by atomic mass is 16.6. The number of furan rings is 1. The van der Waals surface area contributed by atoms with Gasteiger partial charge >= 0.3 is 6.09 Å². The van der Waals surface area contributed by atoms with Crippen molar-refractivity contribution in [2.75, 3.05) is 6.54 Å². The molecule has 2 aromatic rings. The molecular weight excluding hydrogens is 270 g/mol. The summed E-state index contributed by atoms with van der Waals surface area (Å²) in [5, 5.41) is 13.1. The van der Waals surface area contributed by atoms with E-state index in [1.165, 1.54) is 0 Å². The Bertz CT molecular complexity index is 639. The Morgan fingerprint density at radius 2 is 2.10 bits per heavy atom. The second kappa shape index (κ2) is 5.68. The first-order valence-electron chi connectivity index (χ1n) is 6.94. The summed E-state index contributed by atoms with van der Waals surface area (Å²) in [6.45, 7) is 7.83. The summed E-state index contributed by atoms with van der Waals surface area (Å²) < 4.78 is 10.9. The summed E-state index contributed by atoms with van der Waals surface area (Å²) >= 11 is 0. The number of hydrogen-bond acceptors (Lipinski definition) is 4. The number of aromatic hydroxyl groups is 1. The van der Waals surface area contributed by atoms with E-state index in [1.807, 2.05) is 33.8 Å². The third kappa shape index (κ3) is 4.15. The predicted molar refractivity (Wildman–Crippen MR) is 80.5 cm³/mol. The molecule has 1 aromatic heterocycles. The molecule has 1 heterocycles. The lowest BCUT2D eigenvalue weighted by molar-refractivity contribution is 0.0524. The van der Waals surface area contributed by atoms with E-state index in [2.05, 4.69) is 5.32 Å². The van der Waals surface area contributed by atoms with Crippen molar-refractivity contribution in [2.24, 2.45) is 0 Å². The number of benzene rings is 1. The first-order valence-corrected chi connectivity index (χ1v) is 6.94. The molecular formula is C16H21NO4. The molecule has 1 aromatic carbocycles. The maximum atomic E-state index is 11.6. The molecule has 0 aliphatic carbocycles. The van der Waals surface area contributed by atoms with E-state index >= 15 is 0 Å². The van der Waals surface area contributed by atoms with Gasteiger partial charge in [-0.15, -0.1) is 0 Å². The van der Waals surface area contributed by atoms with Gasteiger partial charge in [0.05, 0.1) is 0 Å². The maximum Gasteiger partial charge on any atom is 0.407 e. The fourth-order valence-electron chi connectivity index (χ4n) is 1.93. The monoisotopic (exact) mass is 291 g/mol. The average Bonchev–Trinajstić information content (AvgIpc) is 2.76. The second-order valence-electron chi connectivity index (χ2n) is 6.15. The summed E-state index contributed by atoms with van der Waals surface area (Å²) in [6, 6.07) is 6.90. The van der Waals surface area contributed by atoms with E-state index in [1.54, 1.807) is 18.2 Å². The van der Waals surface area contributed by atoms with Gasteiger partial charge in [-0.25, -0.2) is 4.79 Å². The van der Waals surface area contributed by atoms with Crippen LogP contribution in [0.1, 0.15) is 39.4 Å². The number of phenols is 1. The molecule has 0 saturated carbocycles. The third-order valence-corrected chi connectivity index (χ3v) is 2.96. The number of amides is 1. The van der Waals surface area contributed by atoms with Crippen molar-refractivity contribution in [1.82, 2.24) is 5.32 Å². The molecule has 1 unspecified atom stereocenters. The Morgan fingerprint density at radius 3 is 2.76 bits per heavy atom. The van der Waals surface area contributed by atoms with Crippen molar-refractivity contribution in [3.8, 4) is 5.75 Å². The Kier molecular flexibility index (Phi) is 4.11. The van der Waals surface area contributed by atoms with Crippen LogP contribution >= 0.6 is 0 Å². The van der Waals surface area contributed by atoms with E-state index in [4.69, 9.17) is 9.15 Å². The lowest BCUT2D eigenvalue weighted by Crippen LogP contribution is -2.34. The number of carbonyl (C=O) groups is 1. The molecule has 21 heavy (non-hydrogen) atoms. The molecule has 0 aliphatic rings. The van der Waals surface area contributed by atoms with E-state index in [0.717, 1.165) is 11.1 Å². The summed E-state index contributed by atoms with van der Waals surface area (Å²) in [4.78, 5) is 11.6. The third-order valence-electron chi connectivity index (χ3n) is 2.96. The van der Waals surface area contributed by atoms with Gasteiger partial charge in [-0.05, 0) is 39.0 Å². The number of hydrogen-bond donors (Lipinski definition) is 2. The van der Waals surface area contributed by atoms with E-state index in [9.17, 15) is 9.90 Å². The van der Waals surface area contributed by atoms with Gasteiger partial charge in [0.1, 0.15) is 22.7 Å². The highest BCUT2D eigenvalue weighted by molar-refractivity contribution is 5.79. The zero-order valence-corrected chi connectivity index (χ0v) is 12.8. The van der Waals surface area contributed by atoms with E-state index in [-0.39, 0.29) is 11.7 Å². The van der Waals surface area contributed by atoms with Crippen LogP contribution in [0.25, 0.3) is 11.0 Å². The van der Waals surface area contributed by atoms with Crippen LogP contribution in [0.2, 0.25) is 0 Å². The zero-order chi connectivity index (χ0) is 15.6. The number of fused-ring (bicyclic) bond motifs is 1. The van der Waals surface area contributed by atoms with Gasteiger partial charge in [-0.3, -0.25) is 0 Å². The van der Waals surface area contributed by atoms with E-state index in [0.29, 0.717) is 12.1 Å². The minimum atomic E-state index is -0.510. The molecule has 114 valence electrons. The molecule has 0 spiro atoms. The average molecular weight is 291 g/mol. The van der Waals surface area contributed by atoms with Gasteiger partial charge in [-0.1, -0.05) is 6.92 Å². The van der Waals surface area contributed by atoms with Crippen LogP contribution in [-0.2, 0) is 4.74 Å². The molecule has 5 heteroatoms. The molecule has 0 bridgehead atoms. The summed E-state index contributed by atoms with van der Waals surface area (Å²) in [7, 11) is 0. The van der Waals surface area contributed by atoms with Crippen LogP contribution in [0, 0.1) is 0 Å². The van der Waals surface area contributed by atoms with Gasteiger partial charge in [-0.2, -0.15) is 0 Å². The van der Waals surface area contributed by atoms with Crippen LogP contribution in [0.5, 0.6) is 5.75 Å². The van der Waals surface area contributed by atoms with Crippen molar-refractivity contribution < 1.29 is 19.1 Å². The standard InChI is InChI=1S/C16H21NO4/c1-10(9-17-15(19)21-16(2,3)4)13-7-11-5-6-12(18)8-14(11)20-13/h5-8,10,18H,9H2,1-4H3,(H,17,19). The number of rotatable bonds is 3. The summed E-state index contributed by atoms with van der Waals surface area (Å²) in [5.74, 6) is 0.932. The quantitative estimate of drug-likeness (QED) is 0.903. The maximum absolute atomic E-state index is 11.6. The van der Waals surface area contributed by atoms with E-state index < -0.39 is 11.7 Å². The van der Waals surface area contributed by atoms with Crippen molar-refractivity contribution in [2.45, 2.75) is 39.2 Å². The number of alkyl carbamates (subject to hydrolysis) is 1. The molecule has 2 rings (SSSR count). The molecule has 1 atom stereocenters. The Hall–Kier alpha value is -2.17. The molecule has 0 saturated heterocycles. The highest BCUT2D eigenvalue weighted by Gasteiger charge is 2.18. The van der Waals surface area contributed by atoms with Crippen molar-refractivity contribution in [1.29, 1.82) is 0 Å². The first kappa shape index (κ1) is 15.2. The molecule has 0 aliphatic heterocycles. The number of phenolic OH excluding ortho intramolecular Hbond substituents is 1. The topological polar surface area (TPSA) is 71.7 Å². The smallest absolute Gasteiger partial charge is 0.407 e. The second-order valence-corrected chi connectivity index (χ2v) is 6.15. The molecule has 5 nitrogen and oxygen atoms in total. The Morgan fingerprint density at radius 1 is 1.38 bits per heavy atom. The van der Waals surface area contributed by atoms with Crippen LogP contribution in [-0.4, -0.2) is 23.3 Å². The van der Waals surface area contributed by atoms with Crippen LogP contribution in [0.4, 0.5) is 4.79 Å². The molecule has 0 fully saturated rings. The predicted octanol–water partition coefficient (Wildman–Crippen LogP) is 3.77. The van der Waals surface area contributed by atoms with Gasteiger partial charge in [0.25, 0.3) is 0 Å². The Labute approximate surface area is 123 Å². The van der Waals surface area contributed by atoms with Crippen molar-refractivity contribution >= 4 is 17.1 Å². The van der Waals surface area contributed by atoms with Gasteiger partial charge in [0, 0.05) is 23.9 Å². The first-order chi connectivity index (χ1) is 9.74. The molecule has 0 radical (unpaired) electrons. The lowest BCUT2D eigenvalue weighted by Gasteiger charge is -2.20. The van der Waals surface area contributed by atoms with Crippen molar-refractivity contribution in [3.05, 3.63) is 30.0 Å². The number of nitrogens with one attached hydrogen (secondary N) is 1. The fourth-order valence-corrected chi connectivity index (χ4v) is 1.93. The fraction of sp³-hybridized carbons (Fsp3) is 0.438. The summed E-state index contributed by atoms with van der Waals surface area (Å²) in [6.07, 6.45) is -0.442. The van der Waals surface area contributed by atoms with Crippen LogP contribution in [0.3, 0.4) is 0 Å². The minimum absolute atomic E-state index is 0.00654. The normalized spacial score (nSPS) is 13.1. The number of carbonyl (C=O) groups excluding carboxylic acids is 1. The zero-order valence-electron chi connectivity index (χ0n) is 12.8. The molecule has 1 amide bonds. The summed E-state index contributed by atoms with van der Waals surface area (Å²) in [5.41, 5.74) is 0.124. The van der Waals surface area contributed by atoms with Gasteiger partial charge in [0.15, 0.2) is 0 Å². The lowest BCUT2D eigenvalue weighted by atomic mass is 10.1. The van der Waals surface area contributed by atoms with Gasteiger partial charge < -0.3 is 19.6 Å². The SMILES string of the molecule is CC(CNC(=O)OC(C)(C)C)c1cc2ccc(O)cc2o1. The van der Waals surface area contributed by atoms with Crippen LogP contribution in [0.15, 0.2) is 28.7 Å². The number of ether oxygens (including phenoxy) is 1. The minimum Gasteiger partial charge on any atom is -0.508 e. The largest absolute Gasteiger partial charge is 0.508 e. The van der Waals surface area contributed by atoms with Crippen LogP contribution < -0.4 is 5.32 Å². The van der Waals surface area contributed by atoms with Crippen molar-refractivity contribution in [3.63, 3.8) is 0 Å². The Balaban J connectivity index is 1.99. The molecule has 2 N–H and O–H groups in total. The highest BCUT2D eigenvalue weighted by Crippen LogP contribution is 2.27.